The van der Waals surface area contributed by atoms with Crippen LogP contribution >= 0.6 is 11.3 Å². The standard InChI is InChI=1S/C14H12F3N3O4S2/c15-14(16,17)26(21,22)24-12-2-8(1-11-13(12)25-7-20-11)9(3-18)4-19-10-5-23-6-10/h1-4,7,10H,5-6,18H2/b9-3+,19-4?. The lowest BCUT2D eigenvalue weighted by molar-refractivity contribution is -0.0499. The van der Waals surface area contributed by atoms with E-state index in [2.05, 4.69) is 14.2 Å². The number of benzene rings is 1. The Hall–Kier alpha value is -2.18. The average molecular weight is 407 g/mol. The summed E-state index contributed by atoms with van der Waals surface area (Å²) in [6, 6.07) is 2.70. The van der Waals surface area contributed by atoms with Crippen LogP contribution in [0.25, 0.3) is 15.8 Å². The van der Waals surface area contributed by atoms with Gasteiger partial charge >= 0.3 is 15.6 Å². The second kappa shape index (κ2) is 6.85. The molecule has 1 fully saturated rings. The molecule has 2 N–H and O–H groups in total. The summed E-state index contributed by atoms with van der Waals surface area (Å²) in [5, 5.41) is 0. The highest BCUT2D eigenvalue weighted by Crippen LogP contribution is 2.36. The van der Waals surface area contributed by atoms with E-state index in [0.717, 1.165) is 17.4 Å². The molecule has 12 heteroatoms. The number of alkyl halides is 3. The number of aliphatic imine (C=N–C) groups is 1. The van der Waals surface area contributed by atoms with E-state index in [-0.39, 0.29) is 16.3 Å². The molecule has 0 spiro atoms. The number of hydrogen-bond donors (Lipinski definition) is 1. The van der Waals surface area contributed by atoms with Gasteiger partial charge in [0.2, 0.25) is 0 Å². The predicted octanol–water partition coefficient (Wildman–Crippen LogP) is 2.29. The van der Waals surface area contributed by atoms with Gasteiger partial charge in [0.1, 0.15) is 0 Å². The summed E-state index contributed by atoms with van der Waals surface area (Å²) in [5.74, 6) is -0.475. The van der Waals surface area contributed by atoms with E-state index in [0.29, 0.717) is 24.4 Å². The van der Waals surface area contributed by atoms with Crippen molar-refractivity contribution >= 4 is 43.5 Å². The van der Waals surface area contributed by atoms with Gasteiger partial charge in [-0.15, -0.1) is 11.3 Å². The summed E-state index contributed by atoms with van der Waals surface area (Å²) in [6.45, 7) is 0.940. The third kappa shape index (κ3) is 3.66. The maximum absolute atomic E-state index is 12.6. The second-order valence-electron chi connectivity index (χ2n) is 5.25. The van der Waals surface area contributed by atoms with E-state index in [4.69, 9.17) is 10.5 Å². The predicted molar refractivity (Wildman–Crippen MR) is 90.5 cm³/mol. The Bertz CT molecular complexity index is 979. The van der Waals surface area contributed by atoms with Crippen molar-refractivity contribution < 1.29 is 30.5 Å². The van der Waals surface area contributed by atoms with Crippen molar-refractivity contribution in [3.05, 3.63) is 29.4 Å². The van der Waals surface area contributed by atoms with Crippen LogP contribution in [0.1, 0.15) is 5.56 Å². The third-order valence-electron chi connectivity index (χ3n) is 3.44. The zero-order valence-corrected chi connectivity index (χ0v) is 14.6. The smallest absolute Gasteiger partial charge is 0.404 e. The molecule has 0 aliphatic carbocycles. The lowest BCUT2D eigenvalue weighted by atomic mass is 10.1. The van der Waals surface area contributed by atoms with Gasteiger partial charge in [0, 0.05) is 18.0 Å². The molecule has 0 unspecified atom stereocenters. The fraction of sp³-hybridized carbons (Fsp3) is 0.286. The van der Waals surface area contributed by atoms with Crippen molar-refractivity contribution in [2.45, 2.75) is 11.6 Å². The minimum atomic E-state index is -5.81. The van der Waals surface area contributed by atoms with Gasteiger partial charge in [-0.2, -0.15) is 21.6 Å². The van der Waals surface area contributed by atoms with Crippen LogP contribution in [-0.4, -0.2) is 44.4 Å². The summed E-state index contributed by atoms with van der Waals surface area (Å²) < 4.78 is 70.1. The Morgan fingerprint density at radius 1 is 1.42 bits per heavy atom. The molecule has 0 saturated carbocycles. The van der Waals surface area contributed by atoms with Gasteiger partial charge in [-0.3, -0.25) is 4.99 Å². The van der Waals surface area contributed by atoms with Crippen LogP contribution in [0, 0.1) is 0 Å². The number of aromatic nitrogens is 1. The number of halogens is 3. The molecule has 1 saturated heterocycles. The first-order valence-corrected chi connectivity index (χ1v) is 9.41. The van der Waals surface area contributed by atoms with E-state index in [1.807, 2.05) is 0 Å². The van der Waals surface area contributed by atoms with Gasteiger partial charge in [0.25, 0.3) is 0 Å². The molecule has 0 amide bonds. The Morgan fingerprint density at radius 2 is 2.15 bits per heavy atom. The minimum Gasteiger partial charge on any atom is -0.404 e. The summed E-state index contributed by atoms with van der Waals surface area (Å²) in [7, 11) is -5.81. The molecule has 1 aliphatic rings. The maximum Gasteiger partial charge on any atom is 0.534 e. The van der Waals surface area contributed by atoms with Gasteiger partial charge in [-0.25, -0.2) is 4.98 Å². The van der Waals surface area contributed by atoms with Gasteiger partial charge in [-0.05, 0) is 17.7 Å². The molecule has 2 heterocycles. The highest BCUT2D eigenvalue weighted by atomic mass is 32.2. The molecule has 0 atom stereocenters. The number of ether oxygens (including phenoxy) is 1. The molecule has 3 rings (SSSR count). The van der Waals surface area contributed by atoms with Gasteiger partial charge in [-0.1, -0.05) is 0 Å². The highest BCUT2D eigenvalue weighted by molar-refractivity contribution is 7.88. The SMILES string of the molecule is N/C=C(\C=NC1COC1)c1cc(OS(=O)(=O)C(F)(F)F)c2scnc2c1. The van der Waals surface area contributed by atoms with E-state index in [9.17, 15) is 21.6 Å². The van der Waals surface area contributed by atoms with Crippen LogP contribution in [0.2, 0.25) is 0 Å². The third-order valence-corrected chi connectivity index (χ3v) is 5.26. The van der Waals surface area contributed by atoms with Crippen LogP contribution in [0.4, 0.5) is 13.2 Å². The van der Waals surface area contributed by atoms with Crippen LogP contribution in [-0.2, 0) is 14.9 Å². The van der Waals surface area contributed by atoms with E-state index in [1.54, 1.807) is 6.07 Å². The van der Waals surface area contributed by atoms with Crippen LogP contribution in [0.15, 0.2) is 28.8 Å². The Balaban J connectivity index is 2.01. The van der Waals surface area contributed by atoms with E-state index >= 15 is 0 Å². The molecular formula is C14H12F3N3O4S2. The number of thiazole rings is 1. The molecule has 7 nitrogen and oxygen atoms in total. The molecular weight excluding hydrogens is 395 g/mol. The molecule has 1 aromatic heterocycles. The fourth-order valence-electron chi connectivity index (χ4n) is 2.04. The first-order chi connectivity index (χ1) is 12.2. The van der Waals surface area contributed by atoms with E-state index in [1.165, 1.54) is 17.9 Å². The van der Waals surface area contributed by atoms with Gasteiger partial charge in [0.15, 0.2) is 5.75 Å². The average Bonchev–Trinajstić information content (AvgIpc) is 2.97. The fourth-order valence-corrected chi connectivity index (χ4v) is 3.28. The minimum absolute atomic E-state index is 0.0192. The Morgan fingerprint density at radius 3 is 2.73 bits per heavy atom. The van der Waals surface area contributed by atoms with Crippen molar-refractivity contribution in [2.75, 3.05) is 13.2 Å². The Kier molecular flexibility index (Phi) is 4.90. The van der Waals surface area contributed by atoms with Crippen molar-refractivity contribution in [2.24, 2.45) is 10.7 Å². The summed E-state index contributed by atoms with van der Waals surface area (Å²) in [5.41, 5.74) is 2.37. The first kappa shape index (κ1) is 18.6. The van der Waals surface area contributed by atoms with Crippen molar-refractivity contribution in [1.29, 1.82) is 0 Å². The number of rotatable bonds is 5. The first-order valence-electron chi connectivity index (χ1n) is 7.12. The van der Waals surface area contributed by atoms with E-state index < -0.39 is 21.4 Å². The lowest BCUT2D eigenvalue weighted by Crippen LogP contribution is -2.31. The zero-order valence-electron chi connectivity index (χ0n) is 12.9. The molecule has 140 valence electrons. The quantitative estimate of drug-likeness (QED) is 0.463. The van der Waals surface area contributed by atoms with Crippen LogP contribution in [0.3, 0.4) is 0 Å². The normalized spacial score (nSPS) is 17.0. The molecule has 2 aromatic rings. The van der Waals surface area contributed by atoms with Gasteiger partial charge < -0.3 is 14.7 Å². The molecule has 1 aliphatic heterocycles. The number of allylic oxidation sites excluding steroid dienone is 1. The number of nitrogens with zero attached hydrogens (tertiary/aromatic N) is 2. The van der Waals surface area contributed by atoms with Crippen molar-refractivity contribution in [3.63, 3.8) is 0 Å². The van der Waals surface area contributed by atoms with Gasteiger partial charge in [0.05, 0.1) is 35.0 Å². The molecule has 0 radical (unpaired) electrons. The van der Waals surface area contributed by atoms with Crippen molar-refractivity contribution in [3.8, 4) is 5.75 Å². The summed E-state index contributed by atoms with van der Waals surface area (Å²) in [6.07, 6.45) is 2.65. The highest BCUT2D eigenvalue weighted by Gasteiger charge is 2.48. The second-order valence-corrected chi connectivity index (χ2v) is 7.64. The molecule has 26 heavy (non-hydrogen) atoms. The van der Waals surface area contributed by atoms with Crippen LogP contribution in [0.5, 0.6) is 5.75 Å². The molecule has 0 bridgehead atoms. The number of hydrogen-bond acceptors (Lipinski definition) is 8. The number of fused-ring (bicyclic) bond motifs is 1. The monoisotopic (exact) mass is 407 g/mol. The molecule has 1 aromatic carbocycles. The summed E-state index contributed by atoms with van der Waals surface area (Å²) >= 11 is 0.955. The summed E-state index contributed by atoms with van der Waals surface area (Å²) in [4.78, 5) is 8.23. The Labute approximate surface area is 150 Å². The maximum atomic E-state index is 12.6. The van der Waals surface area contributed by atoms with Crippen LogP contribution < -0.4 is 9.92 Å². The van der Waals surface area contributed by atoms with Crippen molar-refractivity contribution in [1.82, 2.24) is 4.98 Å². The largest absolute Gasteiger partial charge is 0.534 e. The lowest BCUT2D eigenvalue weighted by Gasteiger charge is -2.21. The zero-order chi connectivity index (χ0) is 18.9. The number of nitrogens with two attached hydrogens (primary N) is 1. The topological polar surface area (TPSA) is 104 Å².